The standard InChI is InChI=1S/C34H38N4O4S/c1-37-16-18-38(19-17-37)24-25-11-14-33-30(21-25)31(15-20-42-33)35-34(39)23-32(27-8-3-2-4-9-27)36-43(40,41)29-13-12-26-7-5-6-10-28(26)22-29/h2-14,21-22,31-32,36H,15-20,23-24H2,1H3,(H,35,39). The minimum absolute atomic E-state index is 0.0372. The van der Waals surface area contributed by atoms with E-state index in [2.05, 4.69) is 39.0 Å². The molecule has 0 aromatic heterocycles. The molecule has 0 radical (unpaired) electrons. The molecule has 2 aliphatic rings. The summed E-state index contributed by atoms with van der Waals surface area (Å²) in [4.78, 5) is 18.5. The number of hydrogen-bond acceptors (Lipinski definition) is 6. The number of hydrogen-bond donors (Lipinski definition) is 2. The monoisotopic (exact) mass is 598 g/mol. The first-order valence-electron chi connectivity index (χ1n) is 14.9. The van der Waals surface area contributed by atoms with Gasteiger partial charge in [-0.2, -0.15) is 0 Å². The van der Waals surface area contributed by atoms with Crippen molar-refractivity contribution < 1.29 is 17.9 Å². The zero-order chi connectivity index (χ0) is 29.8. The van der Waals surface area contributed by atoms with Crippen LogP contribution in [0.1, 0.15) is 41.6 Å². The maximum Gasteiger partial charge on any atom is 0.241 e. The molecule has 0 saturated carbocycles. The molecule has 0 spiro atoms. The average Bonchev–Trinajstić information content (AvgIpc) is 3.02. The van der Waals surface area contributed by atoms with Gasteiger partial charge in [0.25, 0.3) is 0 Å². The average molecular weight is 599 g/mol. The third kappa shape index (κ3) is 7.08. The van der Waals surface area contributed by atoms with Gasteiger partial charge in [-0.25, -0.2) is 13.1 Å². The normalized spacial score (nSPS) is 18.5. The van der Waals surface area contributed by atoms with Gasteiger partial charge < -0.3 is 15.0 Å². The number of nitrogens with zero attached hydrogens (tertiary/aromatic N) is 2. The lowest BCUT2D eigenvalue weighted by molar-refractivity contribution is -0.122. The van der Waals surface area contributed by atoms with Crippen molar-refractivity contribution >= 4 is 26.7 Å². The Kier molecular flexibility index (Phi) is 8.76. The molecule has 9 heteroatoms. The van der Waals surface area contributed by atoms with Gasteiger partial charge in [-0.3, -0.25) is 9.69 Å². The highest BCUT2D eigenvalue weighted by Crippen LogP contribution is 2.34. The van der Waals surface area contributed by atoms with Gasteiger partial charge in [0.1, 0.15) is 5.75 Å². The van der Waals surface area contributed by atoms with Gasteiger partial charge in [-0.1, -0.05) is 66.7 Å². The predicted octanol–water partition coefficient (Wildman–Crippen LogP) is 4.64. The number of carbonyl (C=O) groups excluding carboxylic acids is 1. The second-order valence-corrected chi connectivity index (χ2v) is 13.2. The molecule has 2 aliphatic heterocycles. The van der Waals surface area contributed by atoms with Crippen molar-refractivity contribution in [3.8, 4) is 5.75 Å². The van der Waals surface area contributed by atoms with Crippen LogP contribution in [-0.4, -0.2) is 64.0 Å². The molecular weight excluding hydrogens is 560 g/mol. The maximum atomic E-state index is 13.5. The highest BCUT2D eigenvalue weighted by atomic mass is 32.2. The zero-order valence-corrected chi connectivity index (χ0v) is 25.2. The smallest absolute Gasteiger partial charge is 0.241 e. The van der Waals surface area contributed by atoms with E-state index in [0.29, 0.717) is 13.0 Å². The van der Waals surface area contributed by atoms with E-state index < -0.39 is 16.1 Å². The minimum Gasteiger partial charge on any atom is -0.493 e. The number of nitrogens with one attached hydrogen (secondary N) is 2. The van der Waals surface area contributed by atoms with Gasteiger partial charge in [0.05, 0.1) is 23.6 Å². The van der Waals surface area contributed by atoms with E-state index in [9.17, 15) is 13.2 Å². The summed E-state index contributed by atoms with van der Waals surface area (Å²) in [5.74, 6) is 0.563. The molecule has 1 amide bonds. The molecule has 224 valence electrons. The fraction of sp³-hybridized carbons (Fsp3) is 0.324. The second kappa shape index (κ2) is 12.9. The number of sulfonamides is 1. The molecule has 1 saturated heterocycles. The third-order valence-corrected chi connectivity index (χ3v) is 9.84. The van der Waals surface area contributed by atoms with Crippen molar-refractivity contribution in [2.75, 3.05) is 39.8 Å². The van der Waals surface area contributed by atoms with Crippen molar-refractivity contribution in [2.45, 2.75) is 36.4 Å². The summed E-state index contributed by atoms with van der Waals surface area (Å²) in [6, 6.07) is 27.3. The number of piperazine rings is 1. The summed E-state index contributed by atoms with van der Waals surface area (Å²) in [6.45, 7) is 5.53. The second-order valence-electron chi connectivity index (χ2n) is 11.5. The van der Waals surface area contributed by atoms with Gasteiger partial charge in [0, 0.05) is 51.1 Å². The highest BCUT2D eigenvalue weighted by molar-refractivity contribution is 7.89. The highest BCUT2D eigenvalue weighted by Gasteiger charge is 2.28. The molecule has 0 bridgehead atoms. The van der Waals surface area contributed by atoms with Crippen molar-refractivity contribution in [2.24, 2.45) is 0 Å². The molecule has 2 unspecified atom stereocenters. The quantitative estimate of drug-likeness (QED) is 0.292. The number of benzene rings is 4. The maximum absolute atomic E-state index is 13.5. The van der Waals surface area contributed by atoms with Gasteiger partial charge in [0.15, 0.2) is 0 Å². The lowest BCUT2D eigenvalue weighted by atomic mass is 9.97. The van der Waals surface area contributed by atoms with Crippen LogP contribution in [0.25, 0.3) is 10.8 Å². The van der Waals surface area contributed by atoms with Crippen LogP contribution < -0.4 is 14.8 Å². The van der Waals surface area contributed by atoms with Gasteiger partial charge in [0.2, 0.25) is 15.9 Å². The lowest BCUT2D eigenvalue weighted by Gasteiger charge is -2.33. The Morgan fingerprint density at radius 2 is 1.65 bits per heavy atom. The van der Waals surface area contributed by atoms with E-state index in [1.54, 1.807) is 18.2 Å². The van der Waals surface area contributed by atoms with Crippen molar-refractivity contribution in [1.82, 2.24) is 19.8 Å². The summed E-state index contributed by atoms with van der Waals surface area (Å²) in [5.41, 5.74) is 2.89. The molecule has 8 nitrogen and oxygen atoms in total. The molecule has 6 rings (SSSR count). The Morgan fingerprint density at radius 1 is 0.907 bits per heavy atom. The van der Waals surface area contributed by atoms with Crippen molar-refractivity contribution in [3.05, 3.63) is 108 Å². The Balaban J connectivity index is 1.18. The third-order valence-electron chi connectivity index (χ3n) is 8.37. The van der Waals surface area contributed by atoms with E-state index in [4.69, 9.17) is 4.74 Å². The Bertz CT molecular complexity index is 1690. The fourth-order valence-corrected chi connectivity index (χ4v) is 7.16. The molecule has 43 heavy (non-hydrogen) atoms. The van der Waals surface area contributed by atoms with Crippen LogP contribution in [0.2, 0.25) is 0 Å². The largest absolute Gasteiger partial charge is 0.493 e. The minimum atomic E-state index is -3.91. The molecule has 4 aromatic rings. The van der Waals surface area contributed by atoms with E-state index in [0.717, 1.165) is 60.4 Å². The SMILES string of the molecule is CN1CCN(Cc2ccc3c(c2)C(NC(=O)CC(NS(=O)(=O)c2ccc4ccccc4c2)c2ccccc2)CCO3)CC1. The fourth-order valence-electron chi connectivity index (χ4n) is 5.90. The Morgan fingerprint density at radius 3 is 2.44 bits per heavy atom. The van der Waals surface area contributed by atoms with E-state index in [-0.39, 0.29) is 23.3 Å². The molecular formula is C34H38N4O4S. The number of amides is 1. The molecule has 2 atom stereocenters. The topological polar surface area (TPSA) is 91.0 Å². The number of ether oxygens (including phenoxy) is 1. The summed E-state index contributed by atoms with van der Waals surface area (Å²) in [5, 5.41) is 4.99. The zero-order valence-electron chi connectivity index (χ0n) is 24.4. The van der Waals surface area contributed by atoms with Crippen LogP contribution in [0.5, 0.6) is 5.75 Å². The predicted molar refractivity (Wildman–Crippen MR) is 168 cm³/mol. The summed E-state index contributed by atoms with van der Waals surface area (Å²) < 4.78 is 35.8. The van der Waals surface area contributed by atoms with E-state index >= 15 is 0 Å². The van der Waals surface area contributed by atoms with Crippen molar-refractivity contribution in [3.63, 3.8) is 0 Å². The van der Waals surface area contributed by atoms with Crippen LogP contribution in [0.15, 0.2) is 95.9 Å². The van der Waals surface area contributed by atoms with Crippen LogP contribution in [0.3, 0.4) is 0 Å². The Hall–Kier alpha value is -3.76. The van der Waals surface area contributed by atoms with Gasteiger partial charge >= 0.3 is 0 Å². The van der Waals surface area contributed by atoms with Crippen LogP contribution in [0, 0.1) is 0 Å². The number of fused-ring (bicyclic) bond motifs is 2. The molecule has 2 N–H and O–H groups in total. The van der Waals surface area contributed by atoms with Crippen LogP contribution >= 0.6 is 0 Å². The lowest BCUT2D eigenvalue weighted by Crippen LogP contribution is -2.43. The van der Waals surface area contributed by atoms with Crippen LogP contribution in [0.4, 0.5) is 0 Å². The Labute approximate surface area is 253 Å². The molecule has 2 heterocycles. The first-order valence-corrected chi connectivity index (χ1v) is 16.3. The summed E-state index contributed by atoms with van der Waals surface area (Å²) >= 11 is 0. The van der Waals surface area contributed by atoms with Gasteiger partial charge in [-0.05, 0) is 53.2 Å². The summed E-state index contributed by atoms with van der Waals surface area (Å²) in [6.07, 6.45) is 0.611. The first kappa shape index (κ1) is 29.3. The molecule has 1 fully saturated rings. The number of carbonyl (C=O) groups is 1. The number of likely N-dealkylation sites (N-methyl/N-ethyl adjacent to an activating group) is 1. The van der Waals surface area contributed by atoms with E-state index in [1.165, 1.54) is 5.56 Å². The van der Waals surface area contributed by atoms with Gasteiger partial charge in [-0.15, -0.1) is 0 Å². The van der Waals surface area contributed by atoms with Crippen molar-refractivity contribution in [1.29, 1.82) is 0 Å². The van der Waals surface area contributed by atoms with E-state index in [1.807, 2.05) is 60.7 Å². The summed E-state index contributed by atoms with van der Waals surface area (Å²) in [7, 11) is -1.76. The molecule has 4 aromatic carbocycles. The molecule has 0 aliphatic carbocycles. The number of rotatable bonds is 9. The van der Waals surface area contributed by atoms with Crippen LogP contribution in [-0.2, 0) is 21.4 Å². The first-order chi connectivity index (χ1) is 20.8.